The Balaban J connectivity index is 1.07. The Labute approximate surface area is 324 Å². The number of para-hydroxylation sites is 2. The first kappa shape index (κ1) is 39.4. The van der Waals surface area contributed by atoms with Gasteiger partial charge in [-0.3, -0.25) is 14.5 Å². The van der Waals surface area contributed by atoms with Gasteiger partial charge in [0.25, 0.3) is 0 Å². The normalized spacial score (nSPS) is 17.4. The van der Waals surface area contributed by atoms with Crippen LogP contribution >= 0.6 is 0 Å². The van der Waals surface area contributed by atoms with Crippen LogP contribution in [0.15, 0.2) is 127 Å². The number of unbranched alkanes of at least 4 members (excludes halogenated alkanes) is 1. The molecule has 0 radical (unpaired) electrons. The van der Waals surface area contributed by atoms with Crippen molar-refractivity contribution < 1.29 is 24.2 Å². The SMILES string of the molecule is CC(c1ccccc1)N(C)CC1CC(c2ccc(CO)cc2)OC(c2cccc(-c3cccc(CNC(=O)CCCCC(=O)Nc4ccccc4N)c3)c2)O1. The Kier molecular flexibility index (Phi) is 13.8. The molecule has 1 aliphatic heterocycles. The minimum Gasteiger partial charge on any atom is -0.397 e. The van der Waals surface area contributed by atoms with Crippen LogP contribution in [0.5, 0.6) is 0 Å². The number of rotatable bonds is 16. The van der Waals surface area contributed by atoms with Crippen LogP contribution in [0.4, 0.5) is 11.4 Å². The van der Waals surface area contributed by atoms with Crippen molar-refractivity contribution in [2.45, 2.75) is 76.7 Å². The fourth-order valence-corrected chi connectivity index (χ4v) is 6.91. The fraction of sp³-hybridized carbons (Fsp3) is 0.304. The molecule has 2 amide bonds. The van der Waals surface area contributed by atoms with Crippen molar-refractivity contribution in [3.63, 3.8) is 0 Å². The molecule has 0 bridgehead atoms. The largest absolute Gasteiger partial charge is 0.397 e. The minimum atomic E-state index is -0.577. The maximum atomic E-state index is 12.7. The van der Waals surface area contributed by atoms with E-state index >= 15 is 0 Å². The van der Waals surface area contributed by atoms with Crippen LogP contribution in [-0.2, 0) is 32.2 Å². The first-order valence-electron chi connectivity index (χ1n) is 19.1. The van der Waals surface area contributed by atoms with E-state index in [0.717, 1.165) is 39.9 Å². The number of benzene rings is 5. The summed E-state index contributed by atoms with van der Waals surface area (Å²) in [4.78, 5) is 27.3. The lowest BCUT2D eigenvalue weighted by Gasteiger charge is -2.39. The number of likely N-dealkylation sites (N-methyl/N-ethyl adjacent to an activating group) is 1. The zero-order chi connectivity index (χ0) is 38.6. The van der Waals surface area contributed by atoms with Crippen LogP contribution in [0.1, 0.15) is 85.3 Å². The summed E-state index contributed by atoms with van der Waals surface area (Å²) in [6.45, 7) is 3.35. The van der Waals surface area contributed by atoms with E-state index < -0.39 is 6.29 Å². The van der Waals surface area contributed by atoms with Gasteiger partial charge in [0.2, 0.25) is 11.8 Å². The summed E-state index contributed by atoms with van der Waals surface area (Å²) in [5.74, 6) is -0.166. The number of nitrogens with one attached hydrogen (secondary N) is 2. The van der Waals surface area contributed by atoms with Gasteiger partial charge >= 0.3 is 0 Å². The molecule has 0 spiro atoms. The van der Waals surface area contributed by atoms with E-state index in [9.17, 15) is 14.7 Å². The van der Waals surface area contributed by atoms with Gasteiger partial charge in [-0.05, 0) is 84.5 Å². The monoisotopic (exact) mass is 740 g/mol. The molecule has 0 saturated carbocycles. The molecule has 286 valence electrons. The predicted molar refractivity (Wildman–Crippen MR) is 218 cm³/mol. The molecule has 4 unspecified atom stereocenters. The molecule has 5 aromatic carbocycles. The third-order valence-electron chi connectivity index (χ3n) is 10.3. The molecule has 9 heteroatoms. The number of hydrogen-bond donors (Lipinski definition) is 4. The van der Waals surface area contributed by atoms with Gasteiger partial charge in [0, 0.05) is 44.0 Å². The Morgan fingerprint density at radius 3 is 2.22 bits per heavy atom. The number of anilines is 2. The molecular formula is C46H52N4O5. The van der Waals surface area contributed by atoms with Gasteiger partial charge in [0.15, 0.2) is 6.29 Å². The first-order valence-corrected chi connectivity index (χ1v) is 19.1. The minimum absolute atomic E-state index is 0.00329. The number of nitrogens with two attached hydrogens (primary N) is 1. The molecule has 4 atom stereocenters. The molecule has 0 aliphatic carbocycles. The summed E-state index contributed by atoms with van der Waals surface area (Å²) >= 11 is 0. The second kappa shape index (κ2) is 19.3. The van der Waals surface area contributed by atoms with Gasteiger partial charge in [-0.1, -0.05) is 103 Å². The van der Waals surface area contributed by atoms with Gasteiger partial charge in [-0.2, -0.15) is 0 Å². The topological polar surface area (TPSA) is 126 Å². The van der Waals surface area contributed by atoms with E-state index in [4.69, 9.17) is 15.2 Å². The molecule has 5 N–H and O–H groups in total. The number of nitrogen functional groups attached to an aromatic ring is 1. The van der Waals surface area contributed by atoms with E-state index in [1.54, 1.807) is 12.1 Å². The maximum absolute atomic E-state index is 12.7. The molecule has 5 aromatic rings. The van der Waals surface area contributed by atoms with Gasteiger partial charge in [-0.15, -0.1) is 0 Å². The number of ether oxygens (including phenoxy) is 2. The highest BCUT2D eigenvalue weighted by atomic mass is 16.7. The third-order valence-corrected chi connectivity index (χ3v) is 10.3. The number of aliphatic hydroxyl groups is 1. The molecule has 9 nitrogen and oxygen atoms in total. The summed E-state index contributed by atoms with van der Waals surface area (Å²) < 4.78 is 13.4. The Morgan fingerprint density at radius 1 is 0.782 bits per heavy atom. The smallest absolute Gasteiger partial charge is 0.224 e. The summed E-state index contributed by atoms with van der Waals surface area (Å²) in [7, 11) is 2.14. The lowest BCUT2D eigenvalue weighted by molar-refractivity contribution is -0.253. The lowest BCUT2D eigenvalue weighted by Crippen LogP contribution is -2.38. The van der Waals surface area contributed by atoms with Crippen molar-refractivity contribution in [3.05, 3.63) is 155 Å². The van der Waals surface area contributed by atoms with E-state index in [-0.39, 0.29) is 36.7 Å². The molecule has 1 saturated heterocycles. The van der Waals surface area contributed by atoms with Crippen LogP contribution in [0, 0.1) is 0 Å². The summed E-state index contributed by atoms with van der Waals surface area (Å²) in [6.07, 6.45) is 1.74. The van der Waals surface area contributed by atoms with E-state index in [1.165, 1.54) is 5.56 Å². The van der Waals surface area contributed by atoms with Gasteiger partial charge < -0.3 is 30.9 Å². The number of amides is 2. The van der Waals surface area contributed by atoms with E-state index in [0.29, 0.717) is 50.0 Å². The van der Waals surface area contributed by atoms with Crippen LogP contribution in [-0.4, -0.2) is 41.5 Å². The van der Waals surface area contributed by atoms with Crippen LogP contribution in [0.25, 0.3) is 11.1 Å². The molecule has 1 aliphatic rings. The highest BCUT2D eigenvalue weighted by Crippen LogP contribution is 2.39. The summed E-state index contributed by atoms with van der Waals surface area (Å²) in [5, 5.41) is 15.5. The molecule has 55 heavy (non-hydrogen) atoms. The highest BCUT2D eigenvalue weighted by Gasteiger charge is 2.33. The zero-order valence-electron chi connectivity index (χ0n) is 31.7. The van der Waals surface area contributed by atoms with Gasteiger partial charge in [-0.25, -0.2) is 0 Å². The van der Waals surface area contributed by atoms with Crippen LogP contribution < -0.4 is 16.4 Å². The number of aliphatic hydroxyl groups excluding tert-OH is 1. The lowest BCUT2D eigenvalue weighted by atomic mass is 9.98. The van der Waals surface area contributed by atoms with Crippen molar-refractivity contribution in [3.8, 4) is 11.1 Å². The summed E-state index contributed by atoms with van der Waals surface area (Å²) in [6, 6.07) is 42.3. The summed E-state index contributed by atoms with van der Waals surface area (Å²) in [5.41, 5.74) is 14.2. The Bertz CT molecular complexity index is 2000. The van der Waals surface area contributed by atoms with Crippen molar-refractivity contribution in [2.75, 3.05) is 24.6 Å². The number of nitrogens with zero attached hydrogens (tertiary/aromatic N) is 1. The van der Waals surface area contributed by atoms with E-state index in [2.05, 4.69) is 78.0 Å². The second-order valence-electron chi connectivity index (χ2n) is 14.3. The van der Waals surface area contributed by atoms with Crippen molar-refractivity contribution in [1.82, 2.24) is 10.2 Å². The molecule has 1 fully saturated rings. The van der Waals surface area contributed by atoms with Crippen molar-refractivity contribution >= 4 is 23.2 Å². The zero-order valence-corrected chi connectivity index (χ0v) is 31.7. The first-order chi connectivity index (χ1) is 26.7. The van der Waals surface area contributed by atoms with Crippen molar-refractivity contribution in [2.24, 2.45) is 0 Å². The molecule has 1 heterocycles. The Morgan fingerprint density at radius 2 is 1.47 bits per heavy atom. The average Bonchev–Trinajstić information content (AvgIpc) is 3.22. The number of hydrogen-bond acceptors (Lipinski definition) is 7. The predicted octanol–water partition coefficient (Wildman–Crippen LogP) is 8.48. The quantitative estimate of drug-likeness (QED) is 0.0591. The van der Waals surface area contributed by atoms with Gasteiger partial charge in [0.1, 0.15) is 0 Å². The standard InChI is InChI=1S/C46H52N4O5/c1-32(35-13-4-3-5-14-35)50(2)30-40-28-43(36-24-22-33(31-51)23-25-36)55-46(54-40)39-17-11-16-38(27-39)37-15-10-12-34(26-37)29-48-44(52)20-8-9-21-45(53)49-42-19-7-6-18-41(42)47/h3-7,10-19,22-27,32,40,43,46,51H,8-9,20-21,28-31,47H2,1-2H3,(H,48,52)(H,49,53). The Hall–Kier alpha value is -5.32. The average molecular weight is 741 g/mol. The third kappa shape index (κ3) is 11.1. The van der Waals surface area contributed by atoms with Crippen molar-refractivity contribution in [1.29, 1.82) is 0 Å². The second-order valence-corrected chi connectivity index (χ2v) is 14.3. The van der Waals surface area contributed by atoms with Crippen LogP contribution in [0.3, 0.4) is 0 Å². The van der Waals surface area contributed by atoms with Crippen LogP contribution in [0.2, 0.25) is 0 Å². The number of carbonyl (C=O) groups excluding carboxylic acids is 2. The van der Waals surface area contributed by atoms with E-state index in [1.807, 2.05) is 66.7 Å². The fourth-order valence-electron chi connectivity index (χ4n) is 6.91. The maximum Gasteiger partial charge on any atom is 0.224 e. The molecular weight excluding hydrogens is 689 g/mol. The highest BCUT2D eigenvalue weighted by molar-refractivity contribution is 5.93. The molecule has 0 aromatic heterocycles. The number of carbonyl (C=O) groups is 2. The molecule has 6 rings (SSSR count). The van der Waals surface area contributed by atoms with Gasteiger partial charge in [0.05, 0.1) is 30.2 Å².